The third-order valence-corrected chi connectivity index (χ3v) is 5.81. The number of hydrogen-bond acceptors (Lipinski definition) is 3. The molecule has 2 aromatic carbocycles. The van der Waals surface area contributed by atoms with Gasteiger partial charge in [-0.25, -0.2) is 0 Å². The van der Waals surface area contributed by atoms with Gasteiger partial charge in [-0.15, -0.1) is 11.3 Å². The molecule has 0 fully saturated rings. The van der Waals surface area contributed by atoms with Crippen molar-refractivity contribution in [2.75, 3.05) is 18.4 Å². The third kappa shape index (κ3) is 4.03. The first-order valence-electron chi connectivity index (χ1n) is 8.97. The Morgan fingerprint density at radius 2 is 1.85 bits per heavy atom. The standard InChI is InChI=1S/C22H22N2OS/c25-22(16-24-12-10-21-19(15-24)11-13-26-21)23-20-9-5-4-8-18(20)14-17-6-2-1-3-7-17/h1-9,11,13H,10,12,14-16H2,(H,23,25). The van der Waals surface area contributed by atoms with Crippen molar-refractivity contribution in [3.05, 3.63) is 87.6 Å². The Morgan fingerprint density at radius 1 is 1.04 bits per heavy atom. The van der Waals surface area contributed by atoms with Crippen LogP contribution in [0.1, 0.15) is 21.6 Å². The van der Waals surface area contributed by atoms with Gasteiger partial charge < -0.3 is 5.32 Å². The van der Waals surface area contributed by atoms with Gasteiger partial charge in [-0.1, -0.05) is 48.5 Å². The van der Waals surface area contributed by atoms with E-state index in [1.165, 1.54) is 16.0 Å². The van der Waals surface area contributed by atoms with E-state index in [0.29, 0.717) is 6.54 Å². The van der Waals surface area contributed by atoms with Crippen LogP contribution in [0.3, 0.4) is 0 Å². The number of nitrogens with one attached hydrogen (secondary N) is 1. The number of carbonyl (C=O) groups is 1. The number of thiophene rings is 1. The summed E-state index contributed by atoms with van der Waals surface area (Å²) in [5.41, 5.74) is 4.68. The molecule has 1 N–H and O–H groups in total. The van der Waals surface area contributed by atoms with Crippen molar-refractivity contribution in [1.82, 2.24) is 4.90 Å². The molecule has 0 spiro atoms. The van der Waals surface area contributed by atoms with E-state index in [1.807, 2.05) is 47.7 Å². The summed E-state index contributed by atoms with van der Waals surface area (Å²) in [4.78, 5) is 16.3. The summed E-state index contributed by atoms with van der Waals surface area (Å²) in [6.45, 7) is 2.26. The molecule has 0 unspecified atom stereocenters. The predicted octanol–water partition coefficient (Wildman–Crippen LogP) is 4.34. The van der Waals surface area contributed by atoms with Crippen LogP contribution in [0.4, 0.5) is 5.69 Å². The summed E-state index contributed by atoms with van der Waals surface area (Å²) in [7, 11) is 0. The van der Waals surface area contributed by atoms with Crippen molar-refractivity contribution in [3.8, 4) is 0 Å². The van der Waals surface area contributed by atoms with Crippen LogP contribution in [-0.4, -0.2) is 23.9 Å². The number of fused-ring (bicyclic) bond motifs is 1. The van der Waals surface area contributed by atoms with Gasteiger partial charge in [-0.3, -0.25) is 9.69 Å². The van der Waals surface area contributed by atoms with Crippen molar-refractivity contribution in [3.63, 3.8) is 0 Å². The zero-order chi connectivity index (χ0) is 17.8. The highest BCUT2D eigenvalue weighted by Crippen LogP contribution is 2.24. The Hall–Kier alpha value is -2.43. The number of nitrogens with zero attached hydrogens (tertiary/aromatic N) is 1. The number of carbonyl (C=O) groups excluding carboxylic acids is 1. The smallest absolute Gasteiger partial charge is 0.238 e. The molecule has 0 saturated heterocycles. The van der Waals surface area contributed by atoms with Crippen LogP contribution in [0.5, 0.6) is 0 Å². The van der Waals surface area contributed by atoms with Gasteiger partial charge in [0.05, 0.1) is 6.54 Å². The lowest BCUT2D eigenvalue weighted by molar-refractivity contribution is -0.117. The van der Waals surface area contributed by atoms with Crippen molar-refractivity contribution < 1.29 is 4.79 Å². The Morgan fingerprint density at radius 3 is 2.73 bits per heavy atom. The van der Waals surface area contributed by atoms with E-state index in [9.17, 15) is 4.79 Å². The van der Waals surface area contributed by atoms with E-state index in [0.717, 1.165) is 37.2 Å². The minimum atomic E-state index is 0.0594. The molecule has 1 aliphatic heterocycles. The van der Waals surface area contributed by atoms with Gasteiger partial charge in [0.1, 0.15) is 0 Å². The van der Waals surface area contributed by atoms with Gasteiger partial charge >= 0.3 is 0 Å². The van der Waals surface area contributed by atoms with Crippen LogP contribution < -0.4 is 5.32 Å². The summed E-state index contributed by atoms with van der Waals surface area (Å²) < 4.78 is 0. The van der Waals surface area contributed by atoms with Gasteiger partial charge in [-0.2, -0.15) is 0 Å². The topological polar surface area (TPSA) is 32.3 Å². The SMILES string of the molecule is O=C(CN1CCc2sccc2C1)Nc1ccccc1Cc1ccccc1. The quantitative estimate of drug-likeness (QED) is 0.732. The lowest BCUT2D eigenvalue weighted by Crippen LogP contribution is -2.36. The molecular weight excluding hydrogens is 340 g/mol. The molecule has 3 nitrogen and oxygen atoms in total. The number of para-hydroxylation sites is 1. The Kier molecular flexibility index (Phi) is 5.14. The molecule has 0 aliphatic carbocycles. The average Bonchev–Trinajstić information content (AvgIpc) is 3.12. The molecular formula is C22H22N2OS. The van der Waals surface area contributed by atoms with Gasteiger partial charge in [0, 0.05) is 23.7 Å². The summed E-state index contributed by atoms with van der Waals surface area (Å²) in [6.07, 6.45) is 1.87. The highest BCUT2D eigenvalue weighted by atomic mass is 32.1. The maximum atomic E-state index is 12.6. The molecule has 1 amide bonds. The molecule has 1 aromatic heterocycles. The highest BCUT2D eigenvalue weighted by molar-refractivity contribution is 7.10. The van der Waals surface area contributed by atoms with E-state index in [4.69, 9.17) is 0 Å². The molecule has 0 saturated carbocycles. The summed E-state index contributed by atoms with van der Waals surface area (Å²) >= 11 is 1.82. The summed E-state index contributed by atoms with van der Waals surface area (Å²) in [5, 5.41) is 5.26. The van der Waals surface area contributed by atoms with Crippen LogP contribution >= 0.6 is 11.3 Å². The van der Waals surface area contributed by atoms with Crippen LogP contribution in [0.2, 0.25) is 0 Å². The van der Waals surface area contributed by atoms with Gasteiger partial charge in [0.25, 0.3) is 0 Å². The van der Waals surface area contributed by atoms with E-state index in [1.54, 1.807) is 0 Å². The van der Waals surface area contributed by atoms with E-state index in [2.05, 4.69) is 39.9 Å². The molecule has 132 valence electrons. The van der Waals surface area contributed by atoms with Gasteiger partial charge in [0.2, 0.25) is 5.91 Å². The fourth-order valence-corrected chi connectivity index (χ4v) is 4.34. The second-order valence-corrected chi connectivity index (χ2v) is 7.70. The summed E-state index contributed by atoms with van der Waals surface area (Å²) in [5.74, 6) is 0.0594. The third-order valence-electron chi connectivity index (χ3n) is 4.78. The zero-order valence-corrected chi connectivity index (χ0v) is 15.5. The zero-order valence-electron chi connectivity index (χ0n) is 14.7. The molecule has 4 rings (SSSR count). The second-order valence-electron chi connectivity index (χ2n) is 6.70. The summed E-state index contributed by atoms with van der Waals surface area (Å²) in [6, 6.07) is 20.6. The largest absolute Gasteiger partial charge is 0.325 e. The van der Waals surface area contributed by atoms with Gasteiger partial charge in [-0.05, 0) is 47.0 Å². The van der Waals surface area contributed by atoms with Crippen LogP contribution in [0.25, 0.3) is 0 Å². The van der Waals surface area contributed by atoms with E-state index >= 15 is 0 Å². The highest BCUT2D eigenvalue weighted by Gasteiger charge is 2.19. The minimum absolute atomic E-state index is 0.0594. The Labute approximate surface area is 158 Å². The van der Waals surface area contributed by atoms with Crippen molar-refractivity contribution >= 4 is 22.9 Å². The Bertz CT molecular complexity index is 888. The maximum absolute atomic E-state index is 12.6. The van der Waals surface area contributed by atoms with Crippen LogP contribution in [0, 0.1) is 0 Å². The first kappa shape index (κ1) is 17.0. The van der Waals surface area contributed by atoms with Crippen LogP contribution in [-0.2, 0) is 24.2 Å². The lowest BCUT2D eigenvalue weighted by Gasteiger charge is -2.26. The monoisotopic (exact) mass is 362 g/mol. The molecule has 0 bridgehead atoms. The van der Waals surface area contributed by atoms with Gasteiger partial charge in [0.15, 0.2) is 0 Å². The minimum Gasteiger partial charge on any atom is -0.325 e. The number of anilines is 1. The molecule has 2 heterocycles. The molecule has 0 radical (unpaired) electrons. The van der Waals surface area contributed by atoms with Crippen molar-refractivity contribution in [1.29, 1.82) is 0 Å². The lowest BCUT2D eigenvalue weighted by atomic mass is 10.0. The number of benzene rings is 2. The molecule has 1 aliphatic rings. The molecule has 4 heteroatoms. The first-order chi connectivity index (χ1) is 12.8. The fraction of sp³-hybridized carbons (Fsp3) is 0.227. The number of hydrogen-bond donors (Lipinski definition) is 1. The second kappa shape index (κ2) is 7.85. The molecule has 26 heavy (non-hydrogen) atoms. The van der Waals surface area contributed by atoms with Crippen molar-refractivity contribution in [2.45, 2.75) is 19.4 Å². The number of rotatable bonds is 5. The van der Waals surface area contributed by atoms with Crippen LogP contribution in [0.15, 0.2) is 66.0 Å². The molecule has 3 aromatic rings. The van der Waals surface area contributed by atoms with E-state index in [-0.39, 0.29) is 5.91 Å². The van der Waals surface area contributed by atoms with E-state index < -0.39 is 0 Å². The predicted molar refractivity (Wildman–Crippen MR) is 108 cm³/mol. The first-order valence-corrected chi connectivity index (χ1v) is 9.85. The maximum Gasteiger partial charge on any atom is 0.238 e. The Balaban J connectivity index is 1.40. The fourth-order valence-electron chi connectivity index (χ4n) is 3.45. The number of amides is 1. The van der Waals surface area contributed by atoms with Crippen molar-refractivity contribution in [2.24, 2.45) is 0 Å². The average molecular weight is 362 g/mol. The molecule has 0 atom stereocenters. The normalized spacial score (nSPS) is 14.0.